The second-order valence-corrected chi connectivity index (χ2v) is 6.35. The Morgan fingerprint density at radius 1 is 1.41 bits per heavy atom. The van der Waals surface area contributed by atoms with Crippen LogP contribution in [-0.2, 0) is 15.1 Å². The van der Waals surface area contributed by atoms with Gasteiger partial charge in [0.25, 0.3) is 5.91 Å². The predicted molar refractivity (Wildman–Crippen MR) is 84.9 cm³/mol. The van der Waals surface area contributed by atoms with E-state index in [1.54, 1.807) is 7.11 Å². The molecule has 22 heavy (non-hydrogen) atoms. The van der Waals surface area contributed by atoms with E-state index in [9.17, 15) is 4.79 Å². The van der Waals surface area contributed by atoms with Crippen molar-refractivity contribution >= 4 is 5.91 Å². The van der Waals surface area contributed by atoms with Gasteiger partial charge in [0.15, 0.2) is 0 Å². The average Bonchev–Trinajstić information content (AvgIpc) is 2.58. The van der Waals surface area contributed by atoms with Crippen LogP contribution < -0.4 is 4.74 Å². The summed E-state index contributed by atoms with van der Waals surface area (Å²) in [5.74, 6) is 0.959. The first-order valence-electron chi connectivity index (χ1n) is 8.21. The number of amides is 1. The third kappa shape index (κ3) is 2.30. The molecule has 3 rings (SSSR count). The topological polar surface area (TPSA) is 38.8 Å². The lowest BCUT2D eigenvalue weighted by Crippen LogP contribution is -2.63. The molecule has 1 aliphatic heterocycles. The second kappa shape index (κ2) is 5.92. The maximum Gasteiger partial charge on any atom is 0.251 e. The van der Waals surface area contributed by atoms with Gasteiger partial charge in [0.2, 0.25) is 0 Å². The largest absolute Gasteiger partial charge is 0.497 e. The molecule has 2 aliphatic rings. The first kappa shape index (κ1) is 15.3. The highest BCUT2D eigenvalue weighted by molar-refractivity contribution is 5.82. The zero-order valence-corrected chi connectivity index (χ0v) is 13.7. The summed E-state index contributed by atoms with van der Waals surface area (Å²) in [6.07, 6.45) is 4.60. The van der Waals surface area contributed by atoms with Gasteiger partial charge in [-0.1, -0.05) is 31.9 Å². The normalized spacial score (nSPS) is 31.8. The number of carbonyl (C=O) groups is 1. The molecular formula is C18H25NO3. The Morgan fingerprint density at radius 3 is 2.95 bits per heavy atom. The Labute approximate surface area is 132 Å². The fourth-order valence-corrected chi connectivity index (χ4v) is 4.00. The summed E-state index contributed by atoms with van der Waals surface area (Å²) in [5.41, 5.74) is 0.741. The van der Waals surface area contributed by atoms with E-state index in [0.29, 0.717) is 6.42 Å². The first-order valence-corrected chi connectivity index (χ1v) is 8.21. The van der Waals surface area contributed by atoms with Crippen LogP contribution in [0.1, 0.15) is 44.6 Å². The number of morpholine rings is 1. The minimum absolute atomic E-state index is 0.114. The molecule has 2 fully saturated rings. The van der Waals surface area contributed by atoms with Gasteiger partial charge >= 0.3 is 0 Å². The summed E-state index contributed by atoms with van der Waals surface area (Å²) in [7, 11) is 3.61. The van der Waals surface area contributed by atoms with Crippen LogP contribution in [0, 0.1) is 0 Å². The summed E-state index contributed by atoms with van der Waals surface area (Å²) in [6.45, 7) is 2.01. The van der Waals surface area contributed by atoms with Gasteiger partial charge in [-0.3, -0.25) is 4.79 Å². The van der Waals surface area contributed by atoms with Crippen molar-refractivity contribution in [3.8, 4) is 5.75 Å². The van der Waals surface area contributed by atoms with Gasteiger partial charge < -0.3 is 14.4 Å². The summed E-state index contributed by atoms with van der Waals surface area (Å²) in [5, 5.41) is 0. The molecule has 1 amide bonds. The maximum atomic E-state index is 12.5. The van der Waals surface area contributed by atoms with Crippen LogP contribution in [0.25, 0.3) is 0 Å². The van der Waals surface area contributed by atoms with Gasteiger partial charge in [-0.25, -0.2) is 0 Å². The molecule has 1 heterocycles. The standard InChI is InChI=1S/C18H25NO3/c1-4-15-17(20)19(2)16-10-5-6-11-18(16,22-15)13-8-7-9-14(12-13)21-3/h7-9,12,15-16H,4-6,10-11H2,1-3H3. The summed E-state index contributed by atoms with van der Waals surface area (Å²) in [6, 6.07) is 8.25. The SMILES string of the molecule is CCC1OC2(c3cccc(OC)c3)CCCCC2N(C)C1=O. The molecular weight excluding hydrogens is 278 g/mol. The van der Waals surface area contributed by atoms with Crippen LogP contribution in [0.2, 0.25) is 0 Å². The highest BCUT2D eigenvalue weighted by Crippen LogP contribution is 2.47. The average molecular weight is 303 g/mol. The Morgan fingerprint density at radius 2 is 2.23 bits per heavy atom. The maximum absolute atomic E-state index is 12.5. The zero-order valence-electron chi connectivity index (χ0n) is 13.7. The molecule has 1 saturated heterocycles. The van der Waals surface area contributed by atoms with Crippen LogP contribution in [0.3, 0.4) is 0 Å². The van der Waals surface area contributed by atoms with Crippen molar-refractivity contribution < 1.29 is 14.3 Å². The Balaban J connectivity index is 2.07. The van der Waals surface area contributed by atoms with E-state index in [1.165, 1.54) is 0 Å². The number of rotatable bonds is 3. The lowest BCUT2D eigenvalue weighted by Gasteiger charge is -2.53. The van der Waals surface area contributed by atoms with Crippen LogP contribution in [-0.4, -0.2) is 37.1 Å². The van der Waals surface area contributed by atoms with E-state index >= 15 is 0 Å². The van der Waals surface area contributed by atoms with Gasteiger partial charge in [-0.05, 0) is 37.0 Å². The van der Waals surface area contributed by atoms with Crippen LogP contribution in [0.4, 0.5) is 0 Å². The van der Waals surface area contributed by atoms with Crippen LogP contribution >= 0.6 is 0 Å². The van der Waals surface area contributed by atoms with Crippen molar-refractivity contribution in [1.29, 1.82) is 0 Å². The fraction of sp³-hybridized carbons (Fsp3) is 0.611. The molecule has 1 saturated carbocycles. The Bertz CT molecular complexity index is 559. The van der Waals surface area contributed by atoms with Gasteiger partial charge in [0, 0.05) is 7.05 Å². The number of likely N-dealkylation sites (N-methyl/N-ethyl adjacent to an activating group) is 1. The number of carbonyl (C=O) groups excluding carboxylic acids is 1. The molecule has 3 atom stereocenters. The predicted octanol–water partition coefficient (Wildman–Crippen LogP) is 3.10. The van der Waals surface area contributed by atoms with Crippen molar-refractivity contribution in [1.82, 2.24) is 4.90 Å². The van der Waals surface area contributed by atoms with E-state index in [1.807, 2.05) is 31.0 Å². The minimum atomic E-state index is -0.393. The van der Waals surface area contributed by atoms with Crippen molar-refractivity contribution in [2.45, 2.75) is 56.8 Å². The lowest BCUT2D eigenvalue weighted by atomic mass is 9.73. The Kier molecular flexibility index (Phi) is 4.13. The number of benzene rings is 1. The number of hydrogen-bond acceptors (Lipinski definition) is 3. The molecule has 0 bridgehead atoms. The molecule has 0 spiro atoms. The fourth-order valence-electron chi connectivity index (χ4n) is 4.00. The monoisotopic (exact) mass is 303 g/mol. The molecule has 0 aromatic heterocycles. The molecule has 4 nitrogen and oxygen atoms in total. The zero-order chi connectivity index (χ0) is 15.7. The minimum Gasteiger partial charge on any atom is -0.497 e. The van der Waals surface area contributed by atoms with E-state index < -0.39 is 5.60 Å². The van der Waals surface area contributed by atoms with Crippen molar-refractivity contribution in [3.63, 3.8) is 0 Å². The summed E-state index contributed by atoms with van der Waals surface area (Å²) in [4.78, 5) is 14.4. The molecule has 1 aromatic rings. The second-order valence-electron chi connectivity index (χ2n) is 6.35. The molecule has 0 N–H and O–H groups in total. The van der Waals surface area contributed by atoms with Gasteiger partial charge in [0.05, 0.1) is 13.2 Å². The molecule has 1 aromatic carbocycles. The molecule has 4 heteroatoms. The molecule has 120 valence electrons. The van der Waals surface area contributed by atoms with Crippen molar-refractivity contribution in [2.75, 3.05) is 14.2 Å². The third-order valence-corrected chi connectivity index (χ3v) is 5.19. The van der Waals surface area contributed by atoms with E-state index in [0.717, 1.165) is 37.0 Å². The van der Waals surface area contributed by atoms with Crippen molar-refractivity contribution in [3.05, 3.63) is 29.8 Å². The number of hydrogen-bond donors (Lipinski definition) is 0. The number of ether oxygens (including phenoxy) is 2. The third-order valence-electron chi connectivity index (χ3n) is 5.19. The first-order chi connectivity index (χ1) is 10.6. The molecule has 1 aliphatic carbocycles. The van der Waals surface area contributed by atoms with Gasteiger partial charge in [-0.15, -0.1) is 0 Å². The quantitative estimate of drug-likeness (QED) is 0.861. The molecule has 0 radical (unpaired) electrons. The Hall–Kier alpha value is -1.55. The van der Waals surface area contributed by atoms with Crippen LogP contribution in [0.15, 0.2) is 24.3 Å². The highest BCUT2D eigenvalue weighted by atomic mass is 16.5. The van der Waals surface area contributed by atoms with E-state index in [-0.39, 0.29) is 18.1 Å². The van der Waals surface area contributed by atoms with E-state index in [4.69, 9.17) is 9.47 Å². The molecule has 3 unspecified atom stereocenters. The van der Waals surface area contributed by atoms with Crippen LogP contribution in [0.5, 0.6) is 5.75 Å². The van der Waals surface area contributed by atoms with Gasteiger partial charge in [0.1, 0.15) is 17.5 Å². The summed E-state index contributed by atoms with van der Waals surface area (Å²) >= 11 is 0. The number of fused-ring (bicyclic) bond motifs is 1. The van der Waals surface area contributed by atoms with Crippen molar-refractivity contribution in [2.24, 2.45) is 0 Å². The van der Waals surface area contributed by atoms with E-state index in [2.05, 4.69) is 12.1 Å². The van der Waals surface area contributed by atoms with Gasteiger partial charge in [-0.2, -0.15) is 0 Å². The highest BCUT2D eigenvalue weighted by Gasteiger charge is 2.52. The number of methoxy groups -OCH3 is 1. The lowest BCUT2D eigenvalue weighted by molar-refractivity contribution is -0.210. The smallest absolute Gasteiger partial charge is 0.251 e. The summed E-state index contributed by atoms with van der Waals surface area (Å²) < 4.78 is 11.8. The number of nitrogens with zero attached hydrogens (tertiary/aromatic N) is 1.